The van der Waals surface area contributed by atoms with Gasteiger partial charge in [-0.1, -0.05) is 0 Å². The first kappa shape index (κ1) is 22.2. The summed E-state index contributed by atoms with van der Waals surface area (Å²) in [5.41, 5.74) is 1.48. The van der Waals surface area contributed by atoms with Crippen molar-refractivity contribution in [3.8, 4) is 0 Å². The molecule has 0 spiro atoms. The highest BCUT2D eigenvalue weighted by atomic mass is 32.2. The van der Waals surface area contributed by atoms with E-state index in [2.05, 4.69) is 9.62 Å². The summed E-state index contributed by atoms with van der Waals surface area (Å²) in [6, 6.07) is 3.32. The number of hydrogen-bond donors (Lipinski definition) is 1. The summed E-state index contributed by atoms with van der Waals surface area (Å²) in [5.74, 6) is -0.0229. The van der Waals surface area contributed by atoms with Gasteiger partial charge in [0.05, 0.1) is 16.0 Å². The number of amides is 1. The molecule has 1 N–H and O–H groups in total. The molecule has 1 amide bonds. The van der Waals surface area contributed by atoms with Crippen LogP contribution in [-0.2, 0) is 25.0 Å². The number of aryl methyl sites for hydroxylation is 1. The lowest BCUT2D eigenvalue weighted by atomic mass is 9.80. The number of sulfonamides is 1. The molecular weight excluding hydrogens is 390 g/mol. The van der Waals surface area contributed by atoms with Crippen LogP contribution >= 0.6 is 0 Å². The maximum atomic E-state index is 13.2. The minimum Gasteiger partial charge on any atom is -0.381 e. The fourth-order valence-corrected chi connectivity index (χ4v) is 5.92. The summed E-state index contributed by atoms with van der Waals surface area (Å²) >= 11 is 0. The molecule has 0 aromatic heterocycles. The zero-order valence-electron chi connectivity index (χ0n) is 18.3. The molecule has 7 nitrogen and oxygen atoms in total. The van der Waals surface area contributed by atoms with Gasteiger partial charge in [0.2, 0.25) is 15.9 Å². The maximum absolute atomic E-state index is 13.2. The van der Waals surface area contributed by atoms with E-state index in [9.17, 15) is 13.2 Å². The molecule has 0 atom stereocenters. The van der Waals surface area contributed by atoms with E-state index in [1.807, 2.05) is 34.9 Å². The lowest BCUT2D eigenvalue weighted by Crippen LogP contribution is -2.47. The van der Waals surface area contributed by atoms with Crippen LogP contribution in [-0.4, -0.2) is 66.7 Å². The van der Waals surface area contributed by atoms with Gasteiger partial charge >= 0.3 is 0 Å². The highest BCUT2D eigenvalue weighted by Crippen LogP contribution is 2.44. The Kier molecular flexibility index (Phi) is 5.86. The van der Waals surface area contributed by atoms with Crippen molar-refractivity contribution in [2.45, 2.75) is 43.9 Å². The van der Waals surface area contributed by atoms with Crippen LogP contribution in [0.25, 0.3) is 0 Å². The minimum atomic E-state index is -3.70. The van der Waals surface area contributed by atoms with Crippen molar-refractivity contribution in [3.63, 3.8) is 0 Å². The van der Waals surface area contributed by atoms with E-state index in [0.29, 0.717) is 19.8 Å². The second-order valence-electron chi connectivity index (χ2n) is 9.30. The molecule has 1 aromatic rings. The molecule has 0 unspecified atom stereocenters. The molecule has 1 saturated heterocycles. The molecule has 1 fully saturated rings. The normalized spacial score (nSPS) is 20.9. The number of likely N-dealkylation sites (N-methyl/N-ethyl adjacent to an activating group) is 1. The van der Waals surface area contributed by atoms with Crippen LogP contribution in [0.5, 0.6) is 0 Å². The molecule has 0 aliphatic carbocycles. The third-order valence-corrected chi connectivity index (χ3v) is 7.66. The number of nitrogens with zero attached hydrogens (tertiary/aromatic N) is 2. The molecule has 8 heteroatoms. The first-order valence-electron chi connectivity index (χ1n) is 10.1. The van der Waals surface area contributed by atoms with Crippen LogP contribution in [0.15, 0.2) is 17.0 Å². The molecule has 0 radical (unpaired) electrons. The second-order valence-corrected chi connectivity index (χ2v) is 11.1. The van der Waals surface area contributed by atoms with Gasteiger partial charge in [-0.15, -0.1) is 0 Å². The molecular formula is C21H33N3O4S. The van der Waals surface area contributed by atoms with Crippen LogP contribution in [0.3, 0.4) is 0 Å². The zero-order valence-corrected chi connectivity index (χ0v) is 19.1. The topological polar surface area (TPSA) is 79.0 Å². The Morgan fingerprint density at radius 3 is 2.41 bits per heavy atom. The molecule has 1 aromatic carbocycles. The Morgan fingerprint density at radius 1 is 1.21 bits per heavy atom. The molecule has 3 rings (SSSR count). The highest BCUT2D eigenvalue weighted by molar-refractivity contribution is 7.89. The molecule has 0 bridgehead atoms. The zero-order chi connectivity index (χ0) is 21.6. The molecule has 0 saturated carbocycles. The van der Waals surface area contributed by atoms with E-state index >= 15 is 0 Å². The van der Waals surface area contributed by atoms with Crippen LogP contribution in [0, 0.1) is 12.3 Å². The summed E-state index contributed by atoms with van der Waals surface area (Å²) in [6.45, 7) is 8.01. The van der Waals surface area contributed by atoms with Gasteiger partial charge in [-0.2, -0.15) is 0 Å². The van der Waals surface area contributed by atoms with E-state index in [0.717, 1.165) is 36.2 Å². The third-order valence-electron chi connectivity index (χ3n) is 6.27. The maximum Gasteiger partial charge on any atom is 0.240 e. The predicted molar refractivity (Wildman–Crippen MR) is 114 cm³/mol. The number of nitrogens with one attached hydrogen (secondary N) is 1. The van der Waals surface area contributed by atoms with Crippen LogP contribution in [0.1, 0.15) is 37.8 Å². The lowest BCUT2D eigenvalue weighted by Gasteiger charge is -2.39. The molecule has 29 heavy (non-hydrogen) atoms. The van der Waals surface area contributed by atoms with Crippen molar-refractivity contribution >= 4 is 21.6 Å². The standard InChI is InChI=1S/C21H33N3O4S/c1-15-11-16(12-17-18(15)24(6)19(25)20(17,2)3)29(26,27)22-13-21(14-23(4)5)7-9-28-10-8-21/h11-12,22H,7-10,13-14H2,1-6H3. The number of benzene rings is 1. The van der Waals surface area contributed by atoms with Gasteiger partial charge in [0, 0.05) is 38.8 Å². The highest BCUT2D eigenvalue weighted by Gasteiger charge is 2.44. The quantitative estimate of drug-likeness (QED) is 0.756. The number of rotatable bonds is 6. The van der Waals surface area contributed by atoms with Gasteiger partial charge in [-0.3, -0.25) is 4.79 Å². The van der Waals surface area contributed by atoms with Crippen LogP contribution < -0.4 is 9.62 Å². The number of fused-ring (bicyclic) bond motifs is 1. The lowest BCUT2D eigenvalue weighted by molar-refractivity contribution is -0.121. The SMILES string of the molecule is Cc1cc(S(=O)(=O)NCC2(CN(C)C)CCOCC2)cc2c1N(C)C(=O)C2(C)C. The van der Waals surface area contributed by atoms with Gasteiger partial charge in [-0.25, -0.2) is 13.1 Å². The number of ether oxygens (including phenoxy) is 1. The average Bonchev–Trinajstić information content (AvgIpc) is 2.81. The summed E-state index contributed by atoms with van der Waals surface area (Å²) in [4.78, 5) is 16.6. The Bertz CT molecular complexity index is 903. The van der Waals surface area contributed by atoms with E-state index in [1.54, 1.807) is 24.1 Å². The number of carbonyl (C=O) groups excluding carboxylic acids is 1. The average molecular weight is 424 g/mol. The third kappa shape index (κ3) is 4.08. The summed E-state index contributed by atoms with van der Waals surface area (Å²) < 4.78 is 34.7. The summed E-state index contributed by atoms with van der Waals surface area (Å²) in [7, 11) is 2.05. The van der Waals surface area contributed by atoms with Gasteiger partial charge in [-0.05, 0) is 71.0 Å². The smallest absolute Gasteiger partial charge is 0.240 e. The largest absolute Gasteiger partial charge is 0.381 e. The Morgan fingerprint density at radius 2 is 1.83 bits per heavy atom. The number of anilines is 1. The first-order chi connectivity index (χ1) is 13.4. The van der Waals surface area contributed by atoms with Gasteiger partial charge in [0.1, 0.15) is 0 Å². The minimum absolute atomic E-state index is 0.0229. The second kappa shape index (κ2) is 7.65. The molecule has 2 aliphatic heterocycles. The van der Waals surface area contributed by atoms with E-state index in [1.165, 1.54) is 0 Å². The number of carbonyl (C=O) groups is 1. The van der Waals surface area contributed by atoms with Crippen LogP contribution in [0.2, 0.25) is 0 Å². The van der Waals surface area contributed by atoms with Crippen molar-refractivity contribution in [2.24, 2.45) is 5.41 Å². The number of hydrogen-bond acceptors (Lipinski definition) is 5. The molecule has 2 aliphatic rings. The van der Waals surface area contributed by atoms with Gasteiger partial charge in [0.15, 0.2) is 0 Å². The summed E-state index contributed by atoms with van der Waals surface area (Å²) in [6.07, 6.45) is 1.65. The Hall–Kier alpha value is -1.48. The molecule has 162 valence electrons. The first-order valence-corrected chi connectivity index (χ1v) is 11.5. The monoisotopic (exact) mass is 423 g/mol. The van der Waals surface area contributed by atoms with Crippen molar-refractivity contribution < 1.29 is 17.9 Å². The van der Waals surface area contributed by atoms with Gasteiger partial charge in [0.25, 0.3) is 0 Å². The van der Waals surface area contributed by atoms with Crippen molar-refractivity contribution in [3.05, 3.63) is 23.3 Å². The Balaban J connectivity index is 1.90. The fraction of sp³-hybridized carbons (Fsp3) is 0.667. The summed E-state index contributed by atoms with van der Waals surface area (Å²) in [5, 5.41) is 0. The van der Waals surface area contributed by atoms with Crippen molar-refractivity contribution in [2.75, 3.05) is 52.3 Å². The van der Waals surface area contributed by atoms with Crippen LogP contribution in [0.4, 0.5) is 5.69 Å². The van der Waals surface area contributed by atoms with Crippen molar-refractivity contribution in [1.29, 1.82) is 0 Å². The van der Waals surface area contributed by atoms with E-state index < -0.39 is 15.4 Å². The predicted octanol–water partition coefficient (Wildman–Crippen LogP) is 1.89. The Labute approximate surface area is 174 Å². The van der Waals surface area contributed by atoms with Crippen molar-refractivity contribution in [1.82, 2.24) is 9.62 Å². The van der Waals surface area contributed by atoms with E-state index in [-0.39, 0.29) is 16.2 Å². The van der Waals surface area contributed by atoms with E-state index in [4.69, 9.17) is 4.74 Å². The fourth-order valence-electron chi connectivity index (χ4n) is 4.66. The van der Waals surface area contributed by atoms with Gasteiger partial charge < -0.3 is 14.5 Å². The molecule has 2 heterocycles.